The number of aryl methyl sites for hydroxylation is 1. The highest BCUT2D eigenvalue weighted by Crippen LogP contribution is 2.09. The summed E-state index contributed by atoms with van der Waals surface area (Å²) in [5, 5.41) is 0.513. The van der Waals surface area contributed by atoms with E-state index in [4.69, 9.17) is 4.74 Å². The SMILES string of the molecule is COC(=O)c1ccc(COC(=O)CCc2nc3ccccc3c(=O)[nH]2)cc1. The van der Waals surface area contributed by atoms with Gasteiger partial charge in [-0.2, -0.15) is 0 Å². The number of carbonyl (C=O) groups is 2. The summed E-state index contributed by atoms with van der Waals surface area (Å²) in [4.78, 5) is 42.4. The van der Waals surface area contributed by atoms with Crippen LogP contribution in [0.15, 0.2) is 53.3 Å². The number of aromatic nitrogens is 2. The molecule has 2 aromatic carbocycles. The van der Waals surface area contributed by atoms with Gasteiger partial charge >= 0.3 is 11.9 Å². The number of para-hydroxylation sites is 1. The van der Waals surface area contributed by atoms with Crippen LogP contribution in [0.5, 0.6) is 0 Å². The molecule has 0 saturated carbocycles. The van der Waals surface area contributed by atoms with Crippen LogP contribution in [0.25, 0.3) is 10.9 Å². The Morgan fingerprint density at radius 1 is 1.07 bits per heavy atom. The molecule has 0 spiro atoms. The monoisotopic (exact) mass is 366 g/mol. The first-order chi connectivity index (χ1) is 13.1. The van der Waals surface area contributed by atoms with Gasteiger partial charge in [-0.15, -0.1) is 0 Å². The molecular weight excluding hydrogens is 348 g/mol. The largest absolute Gasteiger partial charge is 0.465 e. The minimum Gasteiger partial charge on any atom is -0.465 e. The zero-order valence-corrected chi connectivity index (χ0v) is 14.7. The topological polar surface area (TPSA) is 98.3 Å². The van der Waals surface area contributed by atoms with Crippen molar-refractivity contribution in [1.29, 1.82) is 0 Å². The van der Waals surface area contributed by atoms with Crippen molar-refractivity contribution >= 4 is 22.8 Å². The molecule has 1 aromatic heterocycles. The van der Waals surface area contributed by atoms with Crippen LogP contribution in [0.4, 0.5) is 0 Å². The average molecular weight is 366 g/mol. The summed E-state index contributed by atoms with van der Waals surface area (Å²) in [6.45, 7) is 0.0992. The van der Waals surface area contributed by atoms with Gasteiger partial charge < -0.3 is 14.5 Å². The fourth-order valence-electron chi connectivity index (χ4n) is 2.56. The van der Waals surface area contributed by atoms with Gasteiger partial charge in [0.1, 0.15) is 12.4 Å². The summed E-state index contributed by atoms with van der Waals surface area (Å²) in [5.41, 5.74) is 1.55. The molecule has 1 N–H and O–H groups in total. The number of fused-ring (bicyclic) bond motifs is 1. The summed E-state index contributed by atoms with van der Waals surface area (Å²) in [6, 6.07) is 13.6. The number of carbonyl (C=O) groups excluding carboxylic acids is 2. The van der Waals surface area contributed by atoms with E-state index < -0.39 is 11.9 Å². The number of rotatable bonds is 6. The molecule has 27 heavy (non-hydrogen) atoms. The third kappa shape index (κ3) is 4.58. The van der Waals surface area contributed by atoms with Gasteiger partial charge in [0.2, 0.25) is 0 Å². The third-order valence-corrected chi connectivity index (χ3v) is 4.00. The number of benzene rings is 2. The van der Waals surface area contributed by atoms with Crippen molar-refractivity contribution < 1.29 is 19.1 Å². The maximum absolute atomic E-state index is 12.0. The minimum absolute atomic E-state index is 0.0987. The highest BCUT2D eigenvalue weighted by molar-refractivity contribution is 5.89. The average Bonchev–Trinajstić information content (AvgIpc) is 2.70. The van der Waals surface area contributed by atoms with E-state index in [0.29, 0.717) is 22.3 Å². The van der Waals surface area contributed by atoms with Crippen LogP contribution in [0, 0.1) is 0 Å². The first-order valence-electron chi connectivity index (χ1n) is 8.37. The Morgan fingerprint density at radius 3 is 2.56 bits per heavy atom. The molecule has 0 bridgehead atoms. The third-order valence-electron chi connectivity index (χ3n) is 4.00. The predicted molar refractivity (Wildman–Crippen MR) is 98.3 cm³/mol. The van der Waals surface area contributed by atoms with Crippen molar-refractivity contribution in [3.8, 4) is 0 Å². The molecule has 138 valence electrons. The van der Waals surface area contributed by atoms with Crippen molar-refractivity contribution in [3.05, 3.63) is 75.8 Å². The van der Waals surface area contributed by atoms with Crippen LogP contribution in [0.3, 0.4) is 0 Å². The van der Waals surface area contributed by atoms with Gasteiger partial charge in [0, 0.05) is 6.42 Å². The Morgan fingerprint density at radius 2 is 1.81 bits per heavy atom. The maximum Gasteiger partial charge on any atom is 0.337 e. The van der Waals surface area contributed by atoms with Gasteiger partial charge in [-0.05, 0) is 29.8 Å². The number of aromatic amines is 1. The lowest BCUT2D eigenvalue weighted by Gasteiger charge is -2.06. The lowest BCUT2D eigenvalue weighted by molar-refractivity contribution is -0.144. The van der Waals surface area contributed by atoms with Gasteiger partial charge in [-0.1, -0.05) is 24.3 Å². The molecule has 0 atom stereocenters. The first kappa shape index (κ1) is 18.3. The number of H-pyrrole nitrogens is 1. The van der Waals surface area contributed by atoms with E-state index in [2.05, 4.69) is 14.7 Å². The molecule has 0 aliphatic carbocycles. The van der Waals surface area contributed by atoms with Gasteiger partial charge in [0.15, 0.2) is 0 Å². The molecule has 0 fully saturated rings. The van der Waals surface area contributed by atoms with Crippen LogP contribution in [-0.4, -0.2) is 29.0 Å². The van der Waals surface area contributed by atoms with E-state index >= 15 is 0 Å². The van der Waals surface area contributed by atoms with Crippen LogP contribution in [0.1, 0.15) is 28.2 Å². The zero-order valence-electron chi connectivity index (χ0n) is 14.7. The molecule has 0 radical (unpaired) electrons. The number of esters is 2. The maximum atomic E-state index is 12.0. The molecule has 0 unspecified atom stereocenters. The van der Waals surface area contributed by atoms with Crippen LogP contribution in [0.2, 0.25) is 0 Å². The number of methoxy groups -OCH3 is 1. The molecule has 0 saturated heterocycles. The van der Waals surface area contributed by atoms with Crippen LogP contribution >= 0.6 is 0 Å². The van der Waals surface area contributed by atoms with E-state index in [1.807, 2.05) is 0 Å². The van der Waals surface area contributed by atoms with E-state index in [1.165, 1.54) is 7.11 Å². The second-order valence-corrected chi connectivity index (χ2v) is 5.88. The number of nitrogens with one attached hydrogen (secondary N) is 1. The molecule has 0 amide bonds. The molecule has 1 heterocycles. The Balaban J connectivity index is 1.54. The van der Waals surface area contributed by atoms with E-state index in [0.717, 1.165) is 5.56 Å². The molecule has 3 rings (SSSR count). The summed E-state index contributed by atoms with van der Waals surface area (Å²) < 4.78 is 9.85. The Labute approximate surface area is 155 Å². The van der Waals surface area contributed by atoms with Crippen LogP contribution < -0.4 is 5.56 Å². The molecule has 0 aliphatic heterocycles. The number of nitrogens with zero attached hydrogens (tertiary/aromatic N) is 1. The first-order valence-corrected chi connectivity index (χ1v) is 8.37. The molecule has 0 aliphatic rings. The van der Waals surface area contributed by atoms with Crippen molar-refractivity contribution in [1.82, 2.24) is 9.97 Å². The van der Waals surface area contributed by atoms with Crippen molar-refractivity contribution in [3.63, 3.8) is 0 Å². The molecule has 7 heteroatoms. The fourth-order valence-corrected chi connectivity index (χ4v) is 2.56. The summed E-state index contributed by atoms with van der Waals surface area (Å²) in [6.07, 6.45) is 0.377. The Hall–Kier alpha value is -3.48. The van der Waals surface area contributed by atoms with Gasteiger partial charge in [0.25, 0.3) is 5.56 Å². The summed E-state index contributed by atoms with van der Waals surface area (Å²) >= 11 is 0. The summed E-state index contributed by atoms with van der Waals surface area (Å²) in [7, 11) is 1.32. The van der Waals surface area contributed by atoms with E-state index in [1.54, 1.807) is 48.5 Å². The lowest BCUT2D eigenvalue weighted by atomic mass is 10.1. The number of hydrogen-bond donors (Lipinski definition) is 1. The smallest absolute Gasteiger partial charge is 0.337 e. The molecule has 7 nitrogen and oxygen atoms in total. The van der Waals surface area contributed by atoms with Gasteiger partial charge in [-0.3, -0.25) is 9.59 Å². The highest BCUT2D eigenvalue weighted by atomic mass is 16.5. The number of ether oxygens (including phenoxy) is 2. The second-order valence-electron chi connectivity index (χ2n) is 5.88. The van der Waals surface area contributed by atoms with Crippen molar-refractivity contribution in [2.45, 2.75) is 19.4 Å². The minimum atomic E-state index is -0.421. The number of hydrogen-bond acceptors (Lipinski definition) is 6. The van der Waals surface area contributed by atoms with Crippen molar-refractivity contribution in [2.75, 3.05) is 7.11 Å². The second kappa shape index (κ2) is 8.27. The Bertz CT molecular complexity index is 1020. The highest BCUT2D eigenvalue weighted by Gasteiger charge is 2.09. The predicted octanol–water partition coefficient (Wildman–Crippen LogP) is 2.39. The van der Waals surface area contributed by atoms with E-state index in [9.17, 15) is 14.4 Å². The molecular formula is C20H18N2O5. The molecule has 3 aromatic rings. The lowest BCUT2D eigenvalue weighted by Crippen LogP contribution is -2.14. The zero-order chi connectivity index (χ0) is 19.2. The normalized spacial score (nSPS) is 10.6. The van der Waals surface area contributed by atoms with Crippen molar-refractivity contribution in [2.24, 2.45) is 0 Å². The summed E-state index contributed by atoms with van der Waals surface area (Å²) in [5.74, 6) is -0.378. The van der Waals surface area contributed by atoms with E-state index in [-0.39, 0.29) is 25.0 Å². The van der Waals surface area contributed by atoms with Gasteiger partial charge in [0.05, 0.1) is 30.0 Å². The fraction of sp³-hybridized carbons (Fsp3) is 0.200. The quantitative estimate of drug-likeness (QED) is 0.673. The van der Waals surface area contributed by atoms with Crippen LogP contribution in [-0.2, 0) is 27.3 Å². The van der Waals surface area contributed by atoms with Gasteiger partial charge in [-0.25, -0.2) is 9.78 Å². The standard InChI is InChI=1S/C20H18N2O5/c1-26-20(25)14-8-6-13(7-9-14)12-27-18(23)11-10-17-21-16-5-3-2-4-15(16)19(24)22-17/h2-9H,10-12H2,1H3,(H,21,22,24). The Kier molecular flexibility index (Phi) is 5.61.